The van der Waals surface area contributed by atoms with Crippen LogP contribution >= 0.6 is 11.6 Å². The molecular weight excluding hydrogens is 360 g/mol. The zero-order valence-corrected chi connectivity index (χ0v) is 14.2. The van der Waals surface area contributed by atoms with Gasteiger partial charge in [-0.3, -0.25) is 10.2 Å². The van der Waals surface area contributed by atoms with Gasteiger partial charge < -0.3 is 15.2 Å². The molecule has 2 aromatic rings. The lowest BCUT2D eigenvalue weighted by atomic mass is 10.1. The molecule has 0 spiro atoms. The van der Waals surface area contributed by atoms with E-state index in [-0.39, 0.29) is 11.3 Å². The lowest BCUT2D eigenvalue weighted by Crippen LogP contribution is -2.23. The number of amides is 1. The molecule has 0 bridgehead atoms. The van der Waals surface area contributed by atoms with Crippen molar-refractivity contribution >= 4 is 40.6 Å². The van der Waals surface area contributed by atoms with Crippen molar-refractivity contribution in [3.8, 4) is 11.8 Å². The highest BCUT2D eigenvalue weighted by atomic mass is 35.5. The number of halogens is 1. The van der Waals surface area contributed by atoms with E-state index >= 15 is 0 Å². The Morgan fingerprint density at radius 3 is 2.62 bits per heavy atom. The molecule has 2 aromatic carbocycles. The summed E-state index contributed by atoms with van der Waals surface area (Å²) in [5.41, 5.74) is 2.44. The van der Waals surface area contributed by atoms with Gasteiger partial charge in [-0.1, -0.05) is 23.7 Å². The number of aromatic carboxylic acids is 1. The van der Waals surface area contributed by atoms with Crippen LogP contribution < -0.4 is 15.5 Å². The average molecular weight is 373 g/mol. The van der Waals surface area contributed by atoms with Crippen LogP contribution in [0.5, 0.6) is 5.75 Å². The van der Waals surface area contributed by atoms with E-state index in [1.165, 1.54) is 31.4 Å². The molecule has 0 heterocycles. The van der Waals surface area contributed by atoms with Crippen LogP contribution in [0.1, 0.15) is 10.4 Å². The molecule has 0 saturated carbocycles. The Hall–Kier alpha value is -3.57. The number of anilines is 2. The molecule has 0 aliphatic rings. The smallest absolute Gasteiger partial charge is 0.337 e. The first kappa shape index (κ1) is 18.8. The highest BCUT2D eigenvalue weighted by Crippen LogP contribution is 2.27. The summed E-state index contributed by atoms with van der Waals surface area (Å²) in [6.45, 7) is 0. The molecule has 26 heavy (non-hydrogen) atoms. The van der Waals surface area contributed by atoms with E-state index < -0.39 is 17.6 Å². The number of hydrazone groups is 1. The summed E-state index contributed by atoms with van der Waals surface area (Å²) >= 11 is 5.98. The number of benzene rings is 2. The maximum Gasteiger partial charge on any atom is 0.337 e. The summed E-state index contributed by atoms with van der Waals surface area (Å²) in [7, 11) is 1.47. The fourth-order valence-corrected chi connectivity index (χ4v) is 2.20. The van der Waals surface area contributed by atoms with Crippen LogP contribution in [0.25, 0.3) is 0 Å². The molecule has 0 aliphatic heterocycles. The number of nitriles is 1. The fraction of sp³-hybridized carbons (Fsp3) is 0.0588. The molecule has 0 saturated heterocycles. The second kappa shape index (κ2) is 8.50. The van der Waals surface area contributed by atoms with Gasteiger partial charge in [-0.2, -0.15) is 10.4 Å². The normalized spacial score (nSPS) is 10.6. The lowest BCUT2D eigenvalue weighted by molar-refractivity contribution is -0.110. The van der Waals surface area contributed by atoms with Crippen LogP contribution in [-0.4, -0.2) is 29.8 Å². The second-order valence-corrected chi connectivity index (χ2v) is 5.25. The summed E-state index contributed by atoms with van der Waals surface area (Å²) < 4.78 is 5.02. The third-order valence-electron chi connectivity index (χ3n) is 3.18. The highest BCUT2D eigenvalue weighted by Gasteiger charge is 2.16. The van der Waals surface area contributed by atoms with Gasteiger partial charge in [-0.05, 0) is 30.3 Å². The Bertz CT molecular complexity index is 921. The number of ether oxygens (including phenoxy) is 1. The van der Waals surface area contributed by atoms with Gasteiger partial charge in [0, 0.05) is 0 Å². The van der Waals surface area contributed by atoms with Crippen molar-refractivity contribution in [2.75, 3.05) is 17.9 Å². The van der Waals surface area contributed by atoms with Crippen molar-refractivity contribution in [1.82, 2.24) is 0 Å². The van der Waals surface area contributed by atoms with Crippen LogP contribution in [-0.2, 0) is 4.79 Å². The van der Waals surface area contributed by atoms with E-state index in [1.54, 1.807) is 24.3 Å². The summed E-state index contributed by atoms with van der Waals surface area (Å²) in [4.78, 5) is 23.3. The zero-order chi connectivity index (χ0) is 19.1. The topological polar surface area (TPSA) is 124 Å². The third kappa shape index (κ3) is 4.49. The van der Waals surface area contributed by atoms with Gasteiger partial charge in [-0.25, -0.2) is 4.79 Å². The van der Waals surface area contributed by atoms with Gasteiger partial charge in [0.1, 0.15) is 11.8 Å². The Kier molecular flexibility index (Phi) is 6.14. The summed E-state index contributed by atoms with van der Waals surface area (Å²) in [6.07, 6.45) is 0. The van der Waals surface area contributed by atoms with Crippen molar-refractivity contribution < 1.29 is 19.4 Å². The number of carboxylic acids is 1. The molecule has 0 aromatic heterocycles. The molecule has 0 unspecified atom stereocenters. The number of carbonyl (C=O) groups is 2. The third-order valence-corrected chi connectivity index (χ3v) is 3.47. The van der Waals surface area contributed by atoms with Crippen molar-refractivity contribution in [2.24, 2.45) is 5.10 Å². The monoisotopic (exact) mass is 372 g/mol. The molecule has 3 N–H and O–H groups in total. The van der Waals surface area contributed by atoms with Gasteiger partial charge >= 0.3 is 5.97 Å². The Morgan fingerprint density at radius 2 is 2.00 bits per heavy atom. The Morgan fingerprint density at radius 1 is 1.27 bits per heavy atom. The molecule has 1 amide bonds. The first-order chi connectivity index (χ1) is 12.5. The van der Waals surface area contributed by atoms with Crippen molar-refractivity contribution in [1.29, 1.82) is 5.26 Å². The minimum atomic E-state index is -1.21. The molecule has 8 nitrogen and oxygen atoms in total. The number of carbonyl (C=O) groups excluding carboxylic acids is 1. The number of nitrogens with one attached hydrogen (secondary N) is 2. The van der Waals surface area contributed by atoms with E-state index in [2.05, 4.69) is 15.8 Å². The maximum absolute atomic E-state index is 12.2. The number of nitrogens with zero attached hydrogens (tertiary/aromatic N) is 2. The molecule has 9 heteroatoms. The van der Waals surface area contributed by atoms with Crippen molar-refractivity contribution in [2.45, 2.75) is 0 Å². The van der Waals surface area contributed by atoms with E-state index in [0.717, 1.165) is 0 Å². The van der Waals surface area contributed by atoms with Crippen molar-refractivity contribution in [3.63, 3.8) is 0 Å². The Labute approximate surface area is 153 Å². The van der Waals surface area contributed by atoms with Gasteiger partial charge in [0.2, 0.25) is 5.71 Å². The zero-order valence-electron chi connectivity index (χ0n) is 13.5. The molecule has 0 aliphatic carbocycles. The molecular formula is C17H13ClN4O4. The predicted molar refractivity (Wildman–Crippen MR) is 96.7 cm³/mol. The van der Waals surface area contributed by atoms with Crippen LogP contribution in [0.15, 0.2) is 47.6 Å². The molecule has 0 fully saturated rings. The van der Waals surface area contributed by atoms with E-state index in [1.807, 2.05) is 0 Å². The van der Waals surface area contributed by atoms with Crippen LogP contribution in [0, 0.1) is 11.3 Å². The maximum atomic E-state index is 12.2. The Balaban J connectivity index is 2.16. The standard InChI is InChI=1S/C17H13ClN4O4/c1-26-15-7-6-10(8-12(15)18)21-22-14(9-19)16(23)20-13-5-3-2-4-11(13)17(24)25/h2-8,21H,1H3,(H,20,23)(H,24,25)/b22-14+. The van der Waals surface area contributed by atoms with Crippen LogP contribution in [0.3, 0.4) is 0 Å². The summed E-state index contributed by atoms with van der Waals surface area (Å²) in [5, 5.41) is 24.6. The van der Waals surface area contributed by atoms with Crippen LogP contribution in [0.2, 0.25) is 5.02 Å². The largest absolute Gasteiger partial charge is 0.495 e. The number of rotatable bonds is 6. The summed E-state index contributed by atoms with van der Waals surface area (Å²) in [6, 6.07) is 12.2. The minimum absolute atomic E-state index is 0.0560. The van der Waals surface area contributed by atoms with Crippen molar-refractivity contribution in [3.05, 3.63) is 53.1 Å². The quantitative estimate of drug-likeness (QED) is 0.529. The predicted octanol–water partition coefficient (Wildman–Crippen LogP) is 2.98. The van der Waals surface area contributed by atoms with Gasteiger partial charge in [0.25, 0.3) is 5.91 Å². The van der Waals surface area contributed by atoms with Gasteiger partial charge in [0.05, 0.1) is 29.1 Å². The fourth-order valence-electron chi connectivity index (χ4n) is 1.94. The highest BCUT2D eigenvalue weighted by molar-refractivity contribution is 6.49. The first-order valence-corrected chi connectivity index (χ1v) is 7.55. The first-order valence-electron chi connectivity index (χ1n) is 7.17. The molecule has 2 rings (SSSR count). The number of hydrogen-bond acceptors (Lipinski definition) is 6. The number of hydrogen-bond donors (Lipinski definition) is 3. The van der Waals surface area contributed by atoms with E-state index in [9.17, 15) is 9.59 Å². The van der Waals surface area contributed by atoms with E-state index in [4.69, 9.17) is 26.7 Å². The van der Waals surface area contributed by atoms with E-state index in [0.29, 0.717) is 16.5 Å². The molecule has 0 atom stereocenters. The van der Waals surface area contributed by atoms with Gasteiger partial charge in [0.15, 0.2) is 0 Å². The lowest BCUT2D eigenvalue weighted by Gasteiger charge is -2.08. The number of para-hydroxylation sites is 1. The summed E-state index contributed by atoms with van der Waals surface area (Å²) in [5.74, 6) is -1.60. The van der Waals surface area contributed by atoms with Crippen LogP contribution in [0.4, 0.5) is 11.4 Å². The second-order valence-electron chi connectivity index (χ2n) is 4.84. The SMILES string of the molecule is COc1ccc(N/N=C(\C#N)C(=O)Nc2ccccc2C(=O)O)cc1Cl. The molecule has 132 valence electrons. The number of methoxy groups -OCH3 is 1. The molecule has 0 radical (unpaired) electrons. The average Bonchev–Trinajstić information content (AvgIpc) is 2.62. The minimum Gasteiger partial charge on any atom is -0.495 e. The van der Waals surface area contributed by atoms with Gasteiger partial charge in [-0.15, -0.1) is 0 Å². The number of carboxylic acid groups (broad SMARTS) is 1.